The molecule has 0 aromatic carbocycles. The number of amides is 1. The molecule has 3 heterocycles. The van der Waals surface area contributed by atoms with Gasteiger partial charge in [-0.25, -0.2) is 10.5 Å². The SMILES string of the molecule is NNC(=O)c1cnn2c1NC(c1cccs1)CC2C(F)(F)F. The number of fused-ring (bicyclic) bond motifs is 1. The van der Waals surface area contributed by atoms with Gasteiger partial charge in [0.05, 0.1) is 12.2 Å². The molecule has 1 aliphatic heterocycles. The maximum absolute atomic E-state index is 13.3. The van der Waals surface area contributed by atoms with Gasteiger partial charge in [-0.3, -0.25) is 10.2 Å². The highest BCUT2D eigenvalue weighted by Gasteiger charge is 2.47. The molecule has 0 fully saturated rings. The predicted octanol–water partition coefficient (Wildman–Crippen LogP) is 2.21. The maximum atomic E-state index is 13.3. The number of alkyl halides is 3. The molecule has 10 heteroatoms. The van der Waals surface area contributed by atoms with Gasteiger partial charge in [0.25, 0.3) is 5.91 Å². The van der Waals surface area contributed by atoms with E-state index in [1.807, 2.05) is 5.43 Å². The number of nitrogens with one attached hydrogen (secondary N) is 2. The minimum absolute atomic E-state index is 0.0157. The number of carbonyl (C=O) groups excluding carboxylic acids is 1. The first-order chi connectivity index (χ1) is 10.4. The molecule has 3 rings (SSSR count). The van der Waals surface area contributed by atoms with Crippen LogP contribution in [0.3, 0.4) is 0 Å². The van der Waals surface area contributed by atoms with E-state index in [9.17, 15) is 18.0 Å². The van der Waals surface area contributed by atoms with Crippen LogP contribution in [0.25, 0.3) is 0 Å². The van der Waals surface area contributed by atoms with Crippen LogP contribution < -0.4 is 16.6 Å². The predicted molar refractivity (Wildman–Crippen MR) is 74.3 cm³/mol. The summed E-state index contributed by atoms with van der Waals surface area (Å²) in [7, 11) is 0. The number of anilines is 1. The molecule has 0 aliphatic carbocycles. The van der Waals surface area contributed by atoms with E-state index in [4.69, 9.17) is 5.84 Å². The van der Waals surface area contributed by atoms with E-state index >= 15 is 0 Å². The van der Waals surface area contributed by atoms with Crippen LogP contribution in [-0.2, 0) is 0 Å². The number of thiophene rings is 1. The lowest BCUT2D eigenvalue weighted by Crippen LogP contribution is -2.37. The van der Waals surface area contributed by atoms with Gasteiger partial charge in [0.2, 0.25) is 0 Å². The first kappa shape index (κ1) is 14.9. The molecule has 2 aromatic heterocycles. The number of nitrogens with two attached hydrogens (primary N) is 1. The lowest BCUT2D eigenvalue weighted by atomic mass is 10.0. The molecule has 22 heavy (non-hydrogen) atoms. The van der Waals surface area contributed by atoms with Crippen molar-refractivity contribution in [1.82, 2.24) is 15.2 Å². The quantitative estimate of drug-likeness (QED) is 0.447. The standard InChI is InChI=1S/C12H12F3N5OS/c13-12(14,15)9-4-7(8-2-1-3-22-8)18-10-6(11(21)19-16)5-17-20(9)10/h1-3,5,7,9,18H,4,16H2,(H,19,21). The fraction of sp³-hybridized carbons (Fsp3) is 0.333. The Morgan fingerprint density at radius 2 is 2.32 bits per heavy atom. The van der Waals surface area contributed by atoms with Gasteiger partial charge in [-0.2, -0.15) is 18.3 Å². The third-order valence-corrected chi connectivity index (χ3v) is 4.49. The largest absolute Gasteiger partial charge is 0.410 e. The summed E-state index contributed by atoms with van der Waals surface area (Å²) in [5.41, 5.74) is 1.89. The molecule has 6 nitrogen and oxygen atoms in total. The molecule has 2 aromatic rings. The average Bonchev–Trinajstić information content (AvgIpc) is 3.13. The molecule has 0 saturated heterocycles. The molecule has 0 radical (unpaired) electrons. The number of nitrogen functional groups attached to an aromatic ring is 1. The first-order valence-corrected chi connectivity index (χ1v) is 7.25. The molecule has 4 N–H and O–H groups in total. The molecule has 2 atom stereocenters. The Morgan fingerprint density at radius 3 is 2.91 bits per heavy atom. The molecule has 118 valence electrons. The Morgan fingerprint density at radius 1 is 1.55 bits per heavy atom. The van der Waals surface area contributed by atoms with Crippen molar-refractivity contribution in [1.29, 1.82) is 0 Å². The van der Waals surface area contributed by atoms with Crippen molar-refractivity contribution in [3.8, 4) is 0 Å². The zero-order valence-corrected chi connectivity index (χ0v) is 11.9. The molecular formula is C12H12F3N5OS. The van der Waals surface area contributed by atoms with E-state index in [0.717, 1.165) is 15.8 Å². The average molecular weight is 331 g/mol. The highest BCUT2D eigenvalue weighted by atomic mass is 32.1. The van der Waals surface area contributed by atoms with Crippen molar-refractivity contribution >= 4 is 23.1 Å². The van der Waals surface area contributed by atoms with Gasteiger partial charge in [-0.15, -0.1) is 11.3 Å². The Bertz CT molecular complexity index is 681. The van der Waals surface area contributed by atoms with Crippen molar-refractivity contribution in [3.05, 3.63) is 34.2 Å². The lowest BCUT2D eigenvalue weighted by Gasteiger charge is -2.33. The third kappa shape index (κ3) is 2.44. The van der Waals surface area contributed by atoms with Crippen molar-refractivity contribution in [3.63, 3.8) is 0 Å². The monoisotopic (exact) mass is 331 g/mol. The maximum Gasteiger partial charge on any atom is 0.410 e. The van der Waals surface area contributed by atoms with Crippen LogP contribution in [0.5, 0.6) is 0 Å². The number of hydrogen-bond acceptors (Lipinski definition) is 5. The second kappa shape index (κ2) is 5.29. The lowest BCUT2D eigenvalue weighted by molar-refractivity contribution is -0.173. The second-order valence-electron chi connectivity index (χ2n) is 4.83. The first-order valence-electron chi connectivity index (χ1n) is 6.37. The number of nitrogens with zero attached hydrogens (tertiary/aromatic N) is 2. The van der Waals surface area contributed by atoms with Crippen LogP contribution in [0, 0.1) is 0 Å². The van der Waals surface area contributed by atoms with Crippen LogP contribution in [-0.4, -0.2) is 21.9 Å². The molecule has 0 saturated carbocycles. The van der Waals surface area contributed by atoms with Crippen LogP contribution in [0.1, 0.15) is 33.7 Å². The molecular weight excluding hydrogens is 319 g/mol. The number of aromatic nitrogens is 2. The van der Waals surface area contributed by atoms with Gasteiger partial charge in [-0.1, -0.05) is 6.07 Å². The minimum atomic E-state index is -4.46. The summed E-state index contributed by atoms with van der Waals surface area (Å²) in [6.45, 7) is 0. The summed E-state index contributed by atoms with van der Waals surface area (Å²) in [6.07, 6.45) is -3.57. The van der Waals surface area contributed by atoms with Crippen LogP contribution in [0.4, 0.5) is 19.0 Å². The summed E-state index contributed by atoms with van der Waals surface area (Å²) in [6, 6.07) is 1.18. The zero-order valence-electron chi connectivity index (χ0n) is 11.1. The number of carbonyl (C=O) groups is 1. The fourth-order valence-electron chi connectivity index (χ4n) is 2.48. The van der Waals surface area contributed by atoms with E-state index < -0.39 is 24.2 Å². The van der Waals surface area contributed by atoms with E-state index in [1.54, 1.807) is 17.5 Å². The normalized spacial score (nSPS) is 21.1. The summed E-state index contributed by atoms with van der Waals surface area (Å²) in [5.74, 6) is 4.39. The Kier molecular flexibility index (Phi) is 3.57. The summed E-state index contributed by atoms with van der Waals surface area (Å²) >= 11 is 1.35. The van der Waals surface area contributed by atoms with Gasteiger partial charge in [0, 0.05) is 11.3 Å². The smallest absolute Gasteiger partial charge is 0.362 e. The summed E-state index contributed by atoms with van der Waals surface area (Å²) in [4.78, 5) is 12.5. The zero-order chi connectivity index (χ0) is 15.9. The number of hydrazine groups is 1. The molecule has 1 amide bonds. The number of rotatable bonds is 2. The van der Waals surface area contributed by atoms with E-state index in [1.165, 1.54) is 11.3 Å². The highest BCUT2D eigenvalue weighted by Crippen LogP contribution is 2.44. The third-order valence-electron chi connectivity index (χ3n) is 3.50. The van der Waals surface area contributed by atoms with Gasteiger partial charge in [0.15, 0.2) is 6.04 Å². The van der Waals surface area contributed by atoms with Gasteiger partial charge in [0.1, 0.15) is 11.4 Å². The van der Waals surface area contributed by atoms with E-state index in [2.05, 4.69) is 10.4 Å². The van der Waals surface area contributed by atoms with Crippen molar-refractivity contribution in [2.45, 2.75) is 24.7 Å². The second-order valence-corrected chi connectivity index (χ2v) is 5.81. The van der Waals surface area contributed by atoms with Crippen molar-refractivity contribution < 1.29 is 18.0 Å². The van der Waals surface area contributed by atoms with Crippen LogP contribution in [0.2, 0.25) is 0 Å². The highest BCUT2D eigenvalue weighted by molar-refractivity contribution is 7.10. The minimum Gasteiger partial charge on any atom is -0.362 e. The van der Waals surface area contributed by atoms with E-state index in [-0.39, 0.29) is 17.8 Å². The Balaban J connectivity index is 2.06. The van der Waals surface area contributed by atoms with Gasteiger partial charge >= 0.3 is 6.18 Å². The number of hydrogen-bond donors (Lipinski definition) is 3. The summed E-state index contributed by atoms with van der Waals surface area (Å²) < 4.78 is 40.8. The molecule has 0 spiro atoms. The molecule has 1 aliphatic rings. The number of halogens is 3. The van der Waals surface area contributed by atoms with Gasteiger partial charge < -0.3 is 5.32 Å². The fourth-order valence-corrected chi connectivity index (χ4v) is 3.27. The van der Waals surface area contributed by atoms with Crippen molar-refractivity contribution in [2.75, 3.05) is 5.32 Å². The topological polar surface area (TPSA) is 85.0 Å². The van der Waals surface area contributed by atoms with Gasteiger partial charge in [-0.05, 0) is 11.4 Å². The van der Waals surface area contributed by atoms with Crippen molar-refractivity contribution in [2.24, 2.45) is 5.84 Å². The summed E-state index contributed by atoms with van der Waals surface area (Å²) in [5, 5.41) is 8.46. The molecule has 2 unspecified atom stereocenters. The van der Waals surface area contributed by atoms with Crippen LogP contribution in [0.15, 0.2) is 23.7 Å². The van der Waals surface area contributed by atoms with E-state index in [0.29, 0.717) is 0 Å². The Hall–Kier alpha value is -2.07. The van der Waals surface area contributed by atoms with Crippen LogP contribution >= 0.6 is 11.3 Å². The Labute approximate surface area is 127 Å². The molecule has 0 bridgehead atoms.